The second kappa shape index (κ2) is 3.81. The standard InChI is InChI=1S/C13H15NOS/c15-12-13(7-3-4-8-13)9-16-11-6-2-1-5-10(11)14-12/h1-2,5-6H,3-4,7-9H2,(H,14,15). The molecule has 1 aromatic rings. The Hall–Kier alpha value is -0.960. The fraction of sp³-hybridized carbons (Fsp3) is 0.462. The molecular weight excluding hydrogens is 218 g/mol. The lowest BCUT2D eigenvalue weighted by Crippen LogP contribution is -2.34. The molecule has 1 saturated carbocycles. The Kier molecular flexibility index (Phi) is 2.43. The number of rotatable bonds is 0. The quantitative estimate of drug-likeness (QED) is 0.745. The largest absolute Gasteiger partial charge is 0.325 e. The van der Waals surface area contributed by atoms with Gasteiger partial charge in [-0.2, -0.15) is 0 Å². The van der Waals surface area contributed by atoms with Gasteiger partial charge in [0, 0.05) is 10.6 Å². The lowest BCUT2D eigenvalue weighted by Gasteiger charge is -2.24. The Balaban J connectivity index is 1.95. The highest BCUT2D eigenvalue weighted by atomic mass is 32.2. The minimum absolute atomic E-state index is 0.0936. The summed E-state index contributed by atoms with van der Waals surface area (Å²) in [5.74, 6) is 1.18. The molecule has 1 aliphatic carbocycles. The number of hydrogen-bond donors (Lipinski definition) is 1. The number of anilines is 1. The molecule has 0 saturated heterocycles. The first kappa shape index (κ1) is 10.2. The van der Waals surface area contributed by atoms with Gasteiger partial charge >= 0.3 is 0 Å². The molecule has 1 spiro atoms. The van der Waals surface area contributed by atoms with E-state index in [1.165, 1.54) is 17.7 Å². The Morgan fingerprint density at radius 1 is 1.19 bits per heavy atom. The van der Waals surface area contributed by atoms with Gasteiger partial charge in [0.15, 0.2) is 0 Å². The smallest absolute Gasteiger partial charge is 0.231 e. The molecule has 3 rings (SSSR count). The van der Waals surface area contributed by atoms with Crippen LogP contribution in [0.4, 0.5) is 5.69 Å². The molecule has 1 amide bonds. The molecule has 0 unspecified atom stereocenters. The Labute approximate surface area is 99.8 Å². The van der Waals surface area contributed by atoms with E-state index < -0.39 is 0 Å². The normalized spacial score (nSPS) is 22.6. The summed E-state index contributed by atoms with van der Waals surface area (Å²) in [5, 5.41) is 3.10. The number of fused-ring (bicyclic) bond motifs is 1. The zero-order valence-electron chi connectivity index (χ0n) is 9.16. The van der Waals surface area contributed by atoms with Crippen molar-refractivity contribution in [2.24, 2.45) is 5.41 Å². The minimum Gasteiger partial charge on any atom is -0.325 e. The molecule has 0 aromatic heterocycles. The Morgan fingerprint density at radius 3 is 2.75 bits per heavy atom. The lowest BCUT2D eigenvalue weighted by molar-refractivity contribution is -0.124. The van der Waals surface area contributed by atoms with E-state index in [0.29, 0.717) is 0 Å². The van der Waals surface area contributed by atoms with E-state index in [4.69, 9.17) is 0 Å². The zero-order chi connectivity index (χ0) is 11.0. The van der Waals surface area contributed by atoms with Crippen molar-refractivity contribution in [1.29, 1.82) is 0 Å². The van der Waals surface area contributed by atoms with Crippen LogP contribution in [0.3, 0.4) is 0 Å². The van der Waals surface area contributed by atoms with Crippen LogP contribution in [0.15, 0.2) is 29.2 Å². The summed E-state index contributed by atoms with van der Waals surface area (Å²) >= 11 is 1.83. The average molecular weight is 233 g/mol. The third-order valence-corrected chi connectivity index (χ3v) is 5.05. The van der Waals surface area contributed by atoms with Gasteiger partial charge in [0.1, 0.15) is 0 Å². The second-order valence-corrected chi connectivity index (χ2v) is 5.74. The van der Waals surface area contributed by atoms with Gasteiger partial charge in [0.25, 0.3) is 0 Å². The molecule has 1 aliphatic heterocycles. The molecule has 2 nitrogen and oxygen atoms in total. The van der Waals surface area contributed by atoms with Gasteiger partial charge in [-0.1, -0.05) is 25.0 Å². The second-order valence-electron chi connectivity index (χ2n) is 4.73. The van der Waals surface area contributed by atoms with Crippen molar-refractivity contribution in [3.05, 3.63) is 24.3 Å². The molecule has 0 atom stereocenters. The third kappa shape index (κ3) is 1.54. The maximum Gasteiger partial charge on any atom is 0.231 e. The molecular formula is C13H15NOS. The van der Waals surface area contributed by atoms with Crippen LogP contribution in [0.2, 0.25) is 0 Å². The highest BCUT2D eigenvalue weighted by molar-refractivity contribution is 7.99. The summed E-state index contributed by atoms with van der Waals surface area (Å²) in [6.45, 7) is 0. The molecule has 1 fully saturated rings. The van der Waals surface area contributed by atoms with Gasteiger partial charge in [-0.3, -0.25) is 4.79 Å². The number of hydrogen-bond acceptors (Lipinski definition) is 2. The predicted molar refractivity (Wildman–Crippen MR) is 66.7 cm³/mol. The minimum atomic E-state index is -0.0936. The van der Waals surface area contributed by atoms with Crippen molar-refractivity contribution in [2.45, 2.75) is 30.6 Å². The summed E-state index contributed by atoms with van der Waals surface area (Å²) in [6, 6.07) is 8.10. The number of amides is 1. The molecule has 3 heteroatoms. The number of nitrogens with one attached hydrogen (secondary N) is 1. The van der Waals surface area contributed by atoms with Crippen LogP contribution in [0.1, 0.15) is 25.7 Å². The van der Waals surface area contributed by atoms with Crippen LogP contribution in [0, 0.1) is 5.41 Å². The van der Waals surface area contributed by atoms with Crippen LogP contribution in [-0.2, 0) is 4.79 Å². The molecule has 16 heavy (non-hydrogen) atoms. The highest BCUT2D eigenvalue weighted by Gasteiger charge is 2.42. The summed E-state index contributed by atoms with van der Waals surface area (Å²) in [6.07, 6.45) is 4.51. The van der Waals surface area contributed by atoms with Crippen LogP contribution < -0.4 is 5.32 Å². The van der Waals surface area contributed by atoms with Crippen LogP contribution >= 0.6 is 11.8 Å². The van der Waals surface area contributed by atoms with Crippen molar-refractivity contribution < 1.29 is 4.79 Å². The maximum atomic E-state index is 12.3. The van der Waals surface area contributed by atoms with Crippen molar-refractivity contribution in [2.75, 3.05) is 11.1 Å². The first-order valence-electron chi connectivity index (χ1n) is 5.83. The number of thioether (sulfide) groups is 1. The third-order valence-electron chi connectivity index (χ3n) is 3.68. The summed E-state index contributed by atoms with van der Waals surface area (Å²) < 4.78 is 0. The van der Waals surface area contributed by atoms with Crippen molar-refractivity contribution >= 4 is 23.4 Å². The summed E-state index contributed by atoms with van der Waals surface area (Å²) in [7, 11) is 0. The number of carbonyl (C=O) groups is 1. The molecule has 0 radical (unpaired) electrons. The molecule has 1 aromatic carbocycles. The Morgan fingerprint density at radius 2 is 1.94 bits per heavy atom. The summed E-state index contributed by atoms with van der Waals surface area (Å²) in [5.41, 5.74) is 0.894. The van der Waals surface area contributed by atoms with Gasteiger partial charge in [-0.15, -0.1) is 11.8 Å². The average Bonchev–Trinajstić information content (AvgIpc) is 2.72. The topological polar surface area (TPSA) is 29.1 Å². The van der Waals surface area contributed by atoms with Crippen molar-refractivity contribution in [3.8, 4) is 0 Å². The van der Waals surface area contributed by atoms with Crippen molar-refractivity contribution in [1.82, 2.24) is 0 Å². The summed E-state index contributed by atoms with van der Waals surface area (Å²) in [4.78, 5) is 13.5. The first-order valence-corrected chi connectivity index (χ1v) is 6.82. The van der Waals surface area contributed by atoms with Crippen LogP contribution in [0.5, 0.6) is 0 Å². The van der Waals surface area contributed by atoms with E-state index in [2.05, 4.69) is 11.4 Å². The van der Waals surface area contributed by atoms with Gasteiger partial charge < -0.3 is 5.32 Å². The van der Waals surface area contributed by atoms with Crippen molar-refractivity contribution in [3.63, 3.8) is 0 Å². The molecule has 84 valence electrons. The van der Waals surface area contributed by atoms with E-state index in [1.807, 2.05) is 30.0 Å². The fourth-order valence-electron chi connectivity index (χ4n) is 2.66. The monoisotopic (exact) mass is 233 g/mol. The molecule has 0 bridgehead atoms. The Bertz CT molecular complexity index is 424. The molecule has 1 heterocycles. The van der Waals surface area contributed by atoms with Crippen LogP contribution in [0.25, 0.3) is 0 Å². The maximum absolute atomic E-state index is 12.3. The van der Waals surface area contributed by atoms with E-state index in [9.17, 15) is 4.79 Å². The predicted octanol–water partition coefficient (Wildman–Crippen LogP) is 3.29. The molecule has 1 N–H and O–H groups in total. The zero-order valence-corrected chi connectivity index (χ0v) is 9.98. The first-order chi connectivity index (χ1) is 7.80. The number of carbonyl (C=O) groups excluding carboxylic acids is 1. The SMILES string of the molecule is O=C1Nc2ccccc2SCC12CCCC2. The highest BCUT2D eigenvalue weighted by Crippen LogP contribution is 2.46. The molecule has 2 aliphatic rings. The number of para-hydroxylation sites is 1. The van der Waals surface area contributed by atoms with E-state index in [0.717, 1.165) is 24.3 Å². The van der Waals surface area contributed by atoms with Crippen LogP contribution in [-0.4, -0.2) is 11.7 Å². The fourth-order valence-corrected chi connectivity index (χ4v) is 3.96. The van der Waals surface area contributed by atoms with E-state index >= 15 is 0 Å². The van der Waals surface area contributed by atoms with Gasteiger partial charge in [0.05, 0.1) is 11.1 Å². The van der Waals surface area contributed by atoms with E-state index in [1.54, 1.807) is 0 Å². The van der Waals surface area contributed by atoms with Gasteiger partial charge in [-0.25, -0.2) is 0 Å². The lowest BCUT2D eigenvalue weighted by atomic mass is 9.87. The number of benzene rings is 1. The van der Waals surface area contributed by atoms with E-state index in [-0.39, 0.29) is 11.3 Å². The van der Waals surface area contributed by atoms with Gasteiger partial charge in [0.2, 0.25) is 5.91 Å². The van der Waals surface area contributed by atoms with Gasteiger partial charge in [-0.05, 0) is 25.0 Å².